The van der Waals surface area contributed by atoms with Crippen LogP contribution in [0.3, 0.4) is 0 Å². The SMILES string of the molecule is CCCCCCCCN(CCC[C@@H](C)[C@H](CC)CC[C@@H]1C[C@@H](OCCCN)C[C@H]2C1[C@H](OCCCN)CC1C[C@H](OCCCN)CC[C@@]12C)C(=O)NCCOCCOCCOCCNC(=O)CCCC[Si](OC)(OC)OC. The van der Waals surface area contributed by atoms with E-state index in [2.05, 4.69) is 43.2 Å². The Hall–Kier alpha value is -1.52. The molecule has 0 radical (unpaired) electrons. The highest BCUT2D eigenvalue weighted by molar-refractivity contribution is 6.60. The fraction of sp³-hybridized carbons (Fsp3) is 0.966. The Kier molecular flexibility index (Phi) is 38.3. The summed E-state index contributed by atoms with van der Waals surface area (Å²) in [4.78, 5) is 27.9. The van der Waals surface area contributed by atoms with Crippen LogP contribution in [0.5, 0.6) is 0 Å². The van der Waals surface area contributed by atoms with E-state index < -0.39 is 8.80 Å². The van der Waals surface area contributed by atoms with E-state index in [1.54, 1.807) is 21.3 Å². The predicted octanol–water partition coefficient (Wildman–Crippen LogP) is 8.85. The second kappa shape index (κ2) is 42.3. The molecule has 18 heteroatoms. The number of carbonyl (C=O) groups excluding carboxylic acids is 2. The maximum atomic E-state index is 13.7. The van der Waals surface area contributed by atoms with Gasteiger partial charge in [0.25, 0.3) is 0 Å². The minimum Gasteiger partial charge on any atom is -0.378 e. The molecule has 17 nitrogen and oxygen atoms in total. The van der Waals surface area contributed by atoms with Gasteiger partial charge in [0.2, 0.25) is 5.91 Å². The van der Waals surface area contributed by atoms with Gasteiger partial charge in [-0.05, 0) is 163 Å². The van der Waals surface area contributed by atoms with Crippen LogP contribution in [0, 0.1) is 40.9 Å². The summed E-state index contributed by atoms with van der Waals surface area (Å²) in [5.41, 5.74) is 18.1. The topological polar surface area (TPSA) is 223 Å². The van der Waals surface area contributed by atoms with Crippen LogP contribution in [0.15, 0.2) is 0 Å². The lowest BCUT2D eigenvalue weighted by atomic mass is 9.46. The van der Waals surface area contributed by atoms with Crippen LogP contribution in [0.25, 0.3) is 0 Å². The summed E-state index contributed by atoms with van der Waals surface area (Å²) in [6.45, 7) is 18.9. The van der Waals surface area contributed by atoms with E-state index in [-0.39, 0.29) is 29.6 Å². The highest BCUT2D eigenvalue weighted by atomic mass is 28.4. The summed E-state index contributed by atoms with van der Waals surface area (Å²) in [7, 11) is 2.20. The zero-order valence-corrected chi connectivity index (χ0v) is 51.2. The molecule has 3 aliphatic rings. The van der Waals surface area contributed by atoms with Gasteiger partial charge in [-0.15, -0.1) is 0 Å². The van der Waals surface area contributed by atoms with Crippen molar-refractivity contribution in [3.05, 3.63) is 0 Å². The molecule has 3 fully saturated rings. The number of nitrogens with zero attached hydrogens (tertiary/aromatic N) is 1. The summed E-state index contributed by atoms with van der Waals surface area (Å²) in [5.74, 6) is 3.38. The van der Waals surface area contributed by atoms with Crippen molar-refractivity contribution >= 4 is 20.7 Å². The van der Waals surface area contributed by atoms with E-state index in [9.17, 15) is 9.59 Å². The van der Waals surface area contributed by atoms with Crippen molar-refractivity contribution in [2.45, 2.75) is 200 Å². The number of ether oxygens (including phenoxy) is 6. The quantitative estimate of drug-likeness (QED) is 0.0284. The van der Waals surface area contributed by atoms with Crippen LogP contribution in [-0.4, -0.2) is 171 Å². The zero-order chi connectivity index (χ0) is 56.0. The van der Waals surface area contributed by atoms with E-state index >= 15 is 0 Å². The third-order valence-corrected chi connectivity index (χ3v) is 20.6. The van der Waals surface area contributed by atoms with Crippen molar-refractivity contribution in [1.82, 2.24) is 15.5 Å². The van der Waals surface area contributed by atoms with Gasteiger partial charge in [-0.2, -0.15) is 0 Å². The Balaban J connectivity index is 1.45. The molecular weight excluding hydrogens is 997 g/mol. The monoisotopic (exact) mass is 1110 g/mol. The molecule has 8 N–H and O–H groups in total. The van der Waals surface area contributed by atoms with Crippen molar-refractivity contribution in [2.75, 3.05) is 127 Å². The first-order valence-electron chi connectivity index (χ1n) is 31.1. The summed E-state index contributed by atoms with van der Waals surface area (Å²) >= 11 is 0. The van der Waals surface area contributed by atoms with Crippen LogP contribution in [0.2, 0.25) is 6.04 Å². The van der Waals surface area contributed by atoms with E-state index in [1.165, 1.54) is 44.9 Å². The molecule has 454 valence electrons. The number of fused-ring (bicyclic) bond motifs is 3. The lowest BCUT2D eigenvalue weighted by Crippen LogP contribution is -2.58. The normalized spacial score (nSPS) is 24.3. The lowest BCUT2D eigenvalue weighted by Gasteiger charge is -2.61. The summed E-state index contributed by atoms with van der Waals surface area (Å²) < 4.78 is 53.5. The van der Waals surface area contributed by atoms with E-state index in [1.807, 2.05) is 0 Å². The van der Waals surface area contributed by atoms with Crippen LogP contribution in [0.1, 0.15) is 175 Å². The number of hydrogen-bond donors (Lipinski definition) is 5. The van der Waals surface area contributed by atoms with Gasteiger partial charge in [-0.3, -0.25) is 4.79 Å². The molecule has 3 saturated carbocycles. The Morgan fingerprint density at radius 1 is 0.649 bits per heavy atom. The molecule has 0 bridgehead atoms. The Bertz CT molecular complexity index is 1470. The minimum atomic E-state index is -2.59. The third-order valence-electron chi connectivity index (χ3n) is 17.8. The molecule has 3 rings (SSSR count). The van der Waals surface area contributed by atoms with Crippen molar-refractivity contribution in [1.29, 1.82) is 0 Å². The number of rotatable bonds is 48. The van der Waals surface area contributed by atoms with Gasteiger partial charge in [0.15, 0.2) is 0 Å². The number of carbonyl (C=O) groups is 2. The molecule has 0 aliphatic heterocycles. The van der Waals surface area contributed by atoms with Gasteiger partial charge < -0.3 is 74.4 Å². The molecule has 0 aromatic rings. The second-order valence-electron chi connectivity index (χ2n) is 23.0. The van der Waals surface area contributed by atoms with Crippen molar-refractivity contribution < 1.29 is 51.3 Å². The van der Waals surface area contributed by atoms with E-state index in [0.29, 0.717) is 126 Å². The first-order chi connectivity index (χ1) is 37.5. The van der Waals surface area contributed by atoms with Gasteiger partial charge in [0.05, 0.1) is 58.0 Å². The fourth-order valence-corrected chi connectivity index (χ4v) is 14.8. The van der Waals surface area contributed by atoms with Gasteiger partial charge in [-0.1, -0.05) is 66.2 Å². The predicted molar refractivity (Wildman–Crippen MR) is 311 cm³/mol. The fourth-order valence-electron chi connectivity index (χ4n) is 13.0. The van der Waals surface area contributed by atoms with Crippen molar-refractivity contribution in [3.8, 4) is 0 Å². The summed E-state index contributed by atoms with van der Waals surface area (Å²) in [5, 5.41) is 6.04. The molecule has 3 aliphatic carbocycles. The standard InChI is InChI=1S/C59H118N6O11Si/c1-8-10-11-12-13-15-32-65(58(67)64-31-38-72-40-42-73-41-39-71-37-30-63-56(66)22-14-16-43-77(68-5,69-6)70-7)33-17-21-48(3)49(9-2)23-24-50-44-53(75-35-19-28-61)47-54-57(50)55(76-36-20-29-62)46-51-45-52(74-34-18-27-60)25-26-59(51,54)4/h48-55,57H,8-47,60-62H2,1-7H3,(H,63,66)(H,64,67)/t48-,49-,50-,51?,52-,53-,54+,55-,57?,59+/m1/s1. The van der Waals surface area contributed by atoms with Crippen LogP contribution in [0.4, 0.5) is 4.79 Å². The van der Waals surface area contributed by atoms with Gasteiger partial charge in [-0.25, -0.2) is 4.79 Å². The maximum absolute atomic E-state index is 13.7. The molecule has 0 spiro atoms. The smallest absolute Gasteiger partial charge is 0.378 e. The number of nitrogens with two attached hydrogens (primary N) is 3. The summed E-state index contributed by atoms with van der Waals surface area (Å²) in [6, 6.07) is 0.680. The Labute approximate surface area is 470 Å². The maximum Gasteiger partial charge on any atom is 0.500 e. The first kappa shape index (κ1) is 69.7. The number of hydrogen-bond acceptors (Lipinski definition) is 14. The molecule has 77 heavy (non-hydrogen) atoms. The third kappa shape index (κ3) is 26.5. The summed E-state index contributed by atoms with van der Waals surface area (Å²) in [6.07, 6.45) is 25.1. The average Bonchev–Trinajstić information content (AvgIpc) is 3.48. The molecule has 0 heterocycles. The van der Waals surface area contributed by atoms with Gasteiger partial charge >= 0.3 is 14.8 Å². The van der Waals surface area contributed by atoms with Gasteiger partial charge in [0.1, 0.15) is 0 Å². The highest BCUT2D eigenvalue weighted by Gasteiger charge is 2.58. The largest absolute Gasteiger partial charge is 0.500 e. The number of unbranched alkanes of at least 4 members (excludes halogenated alkanes) is 6. The molecule has 3 amide bonds. The molecule has 0 saturated heterocycles. The van der Waals surface area contributed by atoms with Crippen LogP contribution >= 0.6 is 0 Å². The molecule has 0 aromatic carbocycles. The van der Waals surface area contributed by atoms with E-state index in [0.717, 1.165) is 129 Å². The Morgan fingerprint density at radius 2 is 1.25 bits per heavy atom. The minimum absolute atomic E-state index is 0.00127. The van der Waals surface area contributed by atoms with Crippen LogP contribution < -0.4 is 27.8 Å². The molecule has 10 atom stereocenters. The van der Waals surface area contributed by atoms with E-state index in [4.69, 9.17) is 58.9 Å². The number of nitrogens with one attached hydrogen (secondary N) is 2. The van der Waals surface area contributed by atoms with Crippen molar-refractivity contribution in [3.63, 3.8) is 0 Å². The highest BCUT2D eigenvalue weighted by Crippen LogP contribution is 2.62. The van der Waals surface area contributed by atoms with Gasteiger partial charge in [0, 0.05) is 79.8 Å². The number of urea groups is 1. The number of amides is 3. The van der Waals surface area contributed by atoms with Crippen LogP contribution in [-0.2, 0) is 46.5 Å². The zero-order valence-electron chi connectivity index (χ0n) is 50.2. The van der Waals surface area contributed by atoms with Crippen molar-refractivity contribution in [2.24, 2.45) is 58.1 Å². The lowest BCUT2D eigenvalue weighted by molar-refractivity contribution is -0.190. The molecule has 0 aromatic heterocycles. The average molecular weight is 1120 g/mol. The molecular formula is C59H118N6O11Si. The molecule has 2 unspecified atom stereocenters. The first-order valence-corrected chi connectivity index (χ1v) is 33.0. The Morgan fingerprint density at radius 3 is 1.88 bits per heavy atom. The second-order valence-corrected chi connectivity index (χ2v) is 26.1.